The fourth-order valence-corrected chi connectivity index (χ4v) is 4.33. The molecule has 1 amide bonds. The topological polar surface area (TPSA) is 112 Å². The van der Waals surface area contributed by atoms with Gasteiger partial charge in [0.15, 0.2) is 11.6 Å². The molecule has 31 heavy (non-hydrogen) atoms. The Balaban J connectivity index is 1.31. The molecule has 0 spiro atoms. The number of anilines is 5. The highest BCUT2D eigenvalue weighted by Crippen LogP contribution is 2.33. The molecule has 2 fully saturated rings. The van der Waals surface area contributed by atoms with Crippen molar-refractivity contribution in [2.45, 2.75) is 18.9 Å². The molecule has 11 heteroatoms. The molecule has 2 N–H and O–H groups in total. The molecule has 2 saturated heterocycles. The predicted molar refractivity (Wildman–Crippen MR) is 118 cm³/mol. The molecule has 0 aromatic carbocycles. The van der Waals surface area contributed by atoms with Crippen molar-refractivity contribution in [1.82, 2.24) is 19.9 Å². The summed E-state index contributed by atoms with van der Waals surface area (Å²) in [6.45, 7) is 5.17. The van der Waals surface area contributed by atoms with Crippen LogP contribution < -0.4 is 25.3 Å². The van der Waals surface area contributed by atoms with Gasteiger partial charge in [0.2, 0.25) is 5.91 Å². The number of amides is 1. The third-order valence-corrected chi connectivity index (χ3v) is 5.89. The van der Waals surface area contributed by atoms with E-state index in [0.29, 0.717) is 18.1 Å². The minimum atomic E-state index is -0.0604. The highest BCUT2D eigenvalue weighted by atomic mass is 16.5. The van der Waals surface area contributed by atoms with Gasteiger partial charge >= 0.3 is 0 Å². The molecule has 1 unspecified atom stereocenters. The van der Waals surface area contributed by atoms with Crippen molar-refractivity contribution in [3.63, 3.8) is 0 Å². The fourth-order valence-electron chi connectivity index (χ4n) is 4.33. The Morgan fingerprint density at radius 2 is 1.84 bits per heavy atom. The second-order valence-electron chi connectivity index (χ2n) is 8.09. The first kappa shape index (κ1) is 19.7. The lowest BCUT2D eigenvalue weighted by atomic mass is 10.1. The number of carbonyl (C=O) groups is 1. The van der Waals surface area contributed by atoms with Gasteiger partial charge in [0, 0.05) is 45.3 Å². The number of likely N-dealkylation sites (N-methyl/N-ethyl adjacent to an activating group) is 1. The summed E-state index contributed by atoms with van der Waals surface area (Å²) in [7, 11) is 1.86. The van der Waals surface area contributed by atoms with Gasteiger partial charge in [-0.3, -0.25) is 4.79 Å². The highest BCUT2D eigenvalue weighted by Gasteiger charge is 2.27. The number of fused-ring (bicyclic) bond motifs is 1. The molecule has 3 aliphatic heterocycles. The lowest BCUT2D eigenvalue weighted by molar-refractivity contribution is -0.115. The molecule has 2 aromatic rings. The lowest BCUT2D eigenvalue weighted by Crippen LogP contribution is -2.43. The van der Waals surface area contributed by atoms with Crippen LogP contribution in [0.4, 0.5) is 29.0 Å². The minimum absolute atomic E-state index is 0.0604. The molecule has 0 saturated carbocycles. The first-order valence-corrected chi connectivity index (χ1v) is 10.7. The van der Waals surface area contributed by atoms with E-state index in [-0.39, 0.29) is 11.9 Å². The Kier molecular flexibility index (Phi) is 5.41. The van der Waals surface area contributed by atoms with Gasteiger partial charge in [0.05, 0.1) is 19.8 Å². The van der Waals surface area contributed by atoms with E-state index < -0.39 is 0 Å². The van der Waals surface area contributed by atoms with Gasteiger partial charge in [0.25, 0.3) is 0 Å². The highest BCUT2D eigenvalue weighted by molar-refractivity contribution is 6.03. The first-order valence-electron chi connectivity index (χ1n) is 10.7. The number of carbonyl (C=O) groups excluding carboxylic acids is 1. The molecule has 164 valence electrons. The molecule has 1 atom stereocenters. The van der Waals surface area contributed by atoms with Crippen LogP contribution in [0.5, 0.6) is 0 Å². The standard InChI is InChI=1S/C20H27N9O2/c1-27-11-17(30)26-18-19(23-13-24-20(18)27)25-14-3-2-4-29(10-14)16-9-15(21-12-22-16)28-5-7-31-8-6-28/h9,12-14H,2-8,10-11H2,1H3,(H,26,30)(H,23,24,25). The van der Waals surface area contributed by atoms with Crippen LogP contribution in [0.1, 0.15) is 12.8 Å². The summed E-state index contributed by atoms with van der Waals surface area (Å²) in [5, 5.41) is 6.44. The summed E-state index contributed by atoms with van der Waals surface area (Å²) in [5.74, 6) is 3.21. The van der Waals surface area contributed by atoms with Gasteiger partial charge in [-0.15, -0.1) is 0 Å². The molecule has 11 nitrogen and oxygen atoms in total. The largest absolute Gasteiger partial charge is 0.378 e. The fraction of sp³-hybridized carbons (Fsp3) is 0.550. The van der Waals surface area contributed by atoms with E-state index in [1.165, 1.54) is 6.33 Å². The van der Waals surface area contributed by atoms with Crippen LogP contribution >= 0.6 is 0 Å². The van der Waals surface area contributed by atoms with E-state index in [0.717, 1.165) is 69.7 Å². The van der Waals surface area contributed by atoms with Crippen LogP contribution in [0, 0.1) is 0 Å². The summed E-state index contributed by atoms with van der Waals surface area (Å²) in [4.78, 5) is 36.1. The third-order valence-electron chi connectivity index (χ3n) is 5.89. The maximum Gasteiger partial charge on any atom is 0.244 e. The number of rotatable bonds is 4. The van der Waals surface area contributed by atoms with Crippen LogP contribution in [0.25, 0.3) is 0 Å². The van der Waals surface area contributed by atoms with E-state index in [1.54, 1.807) is 6.33 Å². The second-order valence-corrected chi connectivity index (χ2v) is 8.09. The number of morpholine rings is 1. The van der Waals surface area contributed by atoms with Crippen LogP contribution in [0.3, 0.4) is 0 Å². The zero-order valence-electron chi connectivity index (χ0n) is 17.6. The molecule has 2 aromatic heterocycles. The number of aromatic nitrogens is 4. The Labute approximate surface area is 180 Å². The van der Waals surface area contributed by atoms with E-state index in [4.69, 9.17) is 4.74 Å². The van der Waals surface area contributed by atoms with Crippen molar-refractivity contribution in [3.05, 3.63) is 18.7 Å². The Hall–Kier alpha value is -3.21. The molecule has 0 aliphatic carbocycles. The van der Waals surface area contributed by atoms with Gasteiger partial charge in [0.1, 0.15) is 30.0 Å². The van der Waals surface area contributed by atoms with Gasteiger partial charge in [-0.05, 0) is 12.8 Å². The summed E-state index contributed by atoms with van der Waals surface area (Å²) in [5.41, 5.74) is 0.648. The normalized spacial score (nSPS) is 21.5. The second kappa shape index (κ2) is 8.50. The maximum absolute atomic E-state index is 12.0. The lowest BCUT2D eigenvalue weighted by Gasteiger charge is -2.35. The number of piperidine rings is 1. The quantitative estimate of drug-likeness (QED) is 0.721. The van der Waals surface area contributed by atoms with Gasteiger partial charge in [-0.1, -0.05) is 0 Å². The van der Waals surface area contributed by atoms with Crippen LogP contribution in [-0.4, -0.2) is 84.9 Å². The first-order chi connectivity index (χ1) is 15.2. The zero-order valence-corrected chi connectivity index (χ0v) is 17.6. The molecule has 3 aliphatic rings. The predicted octanol–water partition coefficient (Wildman–Crippen LogP) is 0.572. The monoisotopic (exact) mass is 425 g/mol. The SMILES string of the molecule is CN1CC(=O)Nc2c(NC3CCCN(c4cc(N5CCOCC5)ncn4)C3)ncnc21. The zero-order chi connectivity index (χ0) is 21.2. The smallest absolute Gasteiger partial charge is 0.244 e. The summed E-state index contributed by atoms with van der Waals surface area (Å²) < 4.78 is 5.45. The van der Waals surface area contributed by atoms with Crippen molar-refractivity contribution in [1.29, 1.82) is 0 Å². The van der Waals surface area contributed by atoms with Crippen molar-refractivity contribution < 1.29 is 9.53 Å². The molecular formula is C20H27N9O2. The molecular weight excluding hydrogens is 398 g/mol. The van der Waals surface area contributed by atoms with Crippen LogP contribution in [-0.2, 0) is 9.53 Å². The number of nitrogens with one attached hydrogen (secondary N) is 2. The molecule has 5 rings (SSSR count). The minimum Gasteiger partial charge on any atom is -0.378 e. The van der Waals surface area contributed by atoms with Gasteiger partial charge in [-0.2, -0.15) is 0 Å². The van der Waals surface area contributed by atoms with Gasteiger partial charge < -0.3 is 30.1 Å². The Morgan fingerprint density at radius 3 is 2.68 bits per heavy atom. The van der Waals surface area contributed by atoms with E-state index in [1.807, 2.05) is 11.9 Å². The van der Waals surface area contributed by atoms with Crippen molar-refractivity contribution in [2.24, 2.45) is 0 Å². The third kappa shape index (κ3) is 4.18. The van der Waals surface area contributed by atoms with Gasteiger partial charge in [-0.25, -0.2) is 19.9 Å². The maximum atomic E-state index is 12.0. The summed E-state index contributed by atoms with van der Waals surface area (Å²) in [6.07, 6.45) is 5.23. The van der Waals surface area contributed by atoms with Crippen LogP contribution in [0.15, 0.2) is 18.7 Å². The summed E-state index contributed by atoms with van der Waals surface area (Å²) >= 11 is 0. The number of hydrogen-bond donors (Lipinski definition) is 2. The van der Waals surface area contributed by atoms with E-state index in [2.05, 4.69) is 46.4 Å². The van der Waals surface area contributed by atoms with E-state index >= 15 is 0 Å². The van der Waals surface area contributed by atoms with Crippen LogP contribution in [0.2, 0.25) is 0 Å². The number of nitrogens with zero attached hydrogens (tertiary/aromatic N) is 7. The average Bonchev–Trinajstić information content (AvgIpc) is 2.80. The Morgan fingerprint density at radius 1 is 1.06 bits per heavy atom. The molecule has 0 radical (unpaired) electrons. The molecule has 5 heterocycles. The van der Waals surface area contributed by atoms with Crippen molar-refractivity contribution in [2.75, 3.05) is 78.3 Å². The number of hydrogen-bond acceptors (Lipinski definition) is 10. The summed E-state index contributed by atoms with van der Waals surface area (Å²) in [6, 6.07) is 2.24. The molecule has 0 bridgehead atoms. The average molecular weight is 425 g/mol. The van der Waals surface area contributed by atoms with Crippen molar-refractivity contribution in [3.8, 4) is 0 Å². The number of ether oxygens (including phenoxy) is 1. The van der Waals surface area contributed by atoms with E-state index in [9.17, 15) is 4.79 Å². The van der Waals surface area contributed by atoms with Crippen molar-refractivity contribution >= 4 is 34.9 Å². The Bertz CT molecular complexity index is 950.